The standard InChI is InChI=1S/C20H15NOS/c1-22-17-12-18(15-8-4-2-5-9-15)20(21-14-23)19(13-17)16-10-6-3-7-11-16/h2-13H,1H3. The predicted octanol–water partition coefficient (Wildman–Crippen LogP) is 5.76. The summed E-state index contributed by atoms with van der Waals surface area (Å²) >= 11 is 4.87. The van der Waals surface area contributed by atoms with Crippen molar-refractivity contribution in [2.75, 3.05) is 7.11 Å². The molecular weight excluding hydrogens is 302 g/mol. The average molecular weight is 317 g/mol. The third kappa shape index (κ3) is 3.21. The molecule has 3 aromatic carbocycles. The highest BCUT2D eigenvalue weighted by Crippen LogP contribution is 2.42. The number of hydrogen-bond acceptors (Lipinski definition) is 3. The molecule has 2 nitrogen and oxygen atoms in total. The number of isothiocyanates is 1. The Hall–Kier alpha value is -2.74. The normalized spacial score (nSPS) is 9.96. The van der Waals surface area contributed by atoms with E-state index in [2.05, 4.69) is 10.2 Å². The van der Waals surface area contributed by atoms with Crippen molar-refractivity contribution in [3.63, 3.8) is 0 Å². The smallest absolute Gasteiger partial charge is 0.120 e. The van der Waals surface area contributed by atoms with E-state index in [0.717, 1.165) is 33.7 Å². The fraction of sp³-hybridized carbons (Fsp3) is 0.0500. The predicted molar refractivity (Wildman–Crippen MR) is 98.6 cm³/mol. The lowest BCUT2D eigenvalue weighted by Gasteiger charge is -2.14. The minimum Gasteiger partial charge on any atom is -0.497 e. The van der Waals surface area contributed by atoms with E-state index in [0.29, 0.717) is 0 Å². The third-order valence-corrected chi connectivity index (χ3v) is 3.74. The highest BCUT2D eigenvalue weighted by atomic mass is 32.1. The number of thiocarbonyl (C=S) groups is 1. The van der Waals surface area contributed by atoms with Gasteiger partial charge in [-0.2, -0.15) is 4.99 Å². The number of nitrogens with zero attached hydrogens (tertiary/aromatic N) is 1. The fourth-order valence-corrected chi connectivity index (χ4v) is 2.66. The van der Waals surface area contributed by atoms with Crippen LogP contribution in [-0.4, -0.2) is 12.3 Å². The number of rotatable bonds is 4. The Morgan fingerprint density at radius 2 is 1.30 bits per heavy atom. The minimum absolute atomic E-state index is 0.783. The zero-order valence-corrected chi connectivity index (χ0v) is 13.5. The van der Waals surface area contributed by atoms with Gasteiger partial charge >= 0.3 is 0 Å². The van der Waals surface area contributed by atoms with Crippen molar-refractivity contribution in [3.8, 4) is 28.0 Å². The number of ether oxygens (including phenoxy) is 1. The van der Waals surface area contributed by atoms with Gasteiger partial charge in [-0.15, -0.1) is 0 Å². The van der Waals surface area contributed by atoms with Gasteiger partial charge in [-0.25, -0.2) is 0 Å². The summed E-state index contributed by atoms with van der Waals surface area (Å²) in [6.07, 6.45) is 0. The molecule has 3 rings (SSSR count). The van der Waals surface area contributed by atoms with Crippen molar-refractivity contribution in [1.29, 1.82) is 0 Å². The monoisotopic (exact) mass is 317 g/mol. The quantitative estimate of drug-likeness (QED) is 0.450. The van der Waals surface area contributed by atoms with E-state index in [1.165, 1.54) is 0 Å². The Bertz CT molecular complexity index is 793. The van der Waals surface area contributed by atoms with E-state index in [-0.39, 0.29) is 0 Å². The molecule has 0 aliphatic rings. The van der Waals surface area contributed by atoms with Gasteiger partial charge in [0.05, 0.1) is 18.0 Å². The molecule has 0 amide bonds. The van der Waals surface area contributed by atoms with Crippen LogP contribution in [0.1, 0.15) is 0 Å². The van der Waals surface area contributed by atoms with Crippen molar-refractivity contribution in [1.82, 2.24) is 0 Å². The van der Waals surface area contributed by atoms with Crippen LogP contribution in [0.2, 0.25) is 0 Å². The molecule has 3 aromatic rings. The van der Waals surface area contributed by atoms with Crippen LogP contribution in [0.3, 0.4) is 0 Å². The molecule has 0 fully saturated rings. The number of benzene rings is 3. The van der Waals surface area contributed by atoms with Gasteiger partial charge in [-0.3, -0.25) is 0 Å². The summed E-state index contributed by atoms with van der Waals surface area (Å²) in [6, 6.07) is 24.1. The molecule has 0 N–H and O–H groups in total. The Labute approximate surface area is 141 Å². The van der Waals surface area contributed by atoms with Gasteiger partial charge in [0, 0.05) is 11.1 Å². The Morgan fingerprint density at radius 1 is 0.826 bits per heavy atom. The summed E-state index contributed by atoms with van der Waals surface area (Å²) in [7, 11) is 1.67. The van der Waals surface area contributed by atoms with Crippen LogP contribution in [0.15, 0.2) is 77.8 Å². The second kappa shape index (κ2) is 7.01. The van der Waals surface area contributed by atoms with Crippen molar-refractivity contribution < 1.29 is 4.74 Å². The summed E-state index contributed by atoms with van der Waals surface area (Å²) < 4.78 is 5.48. The highest BCUT2D eigenvalue weighted by molar-refractivity contribution is 7.78. The fourth-order valence-electron chi connectivity index (χ4n) is 2.57. The molecule has 0 unspecified atom stereocenters. The zero-order valence-electron chi connectivity index (χ0n) is 12.7. The molecule has 0 aromatic heterocycles. The minimum atomic E-state index is 0.783. The molecular formula is C20H15NOS. The van der Waals surface area contributed by atoms with E-state index < -0.39 is 0 Å². The summed E-state index contributed by atoms with van der Waals surface area (Å²) in [6.45, 7) is 0. The first kappa shape index (κ1) is 15.2. The largest absolute Gasteiger partial charge is 0.497 e. The maximum atomic E-state index is 5.48. The summed E-state index contributed by atoms with van der Waals surface area (Å²) in [5, 5.41) is 2.51. The first-order chi connectivity index (χ1) is 11.3. The van der Waals surface area contributed by atoms with E-state index >= 15 is 0 Å². The summed E-state index contributed by atoms with van der Waals surface area (Å²) in [5.41, 5.74) is 4.88. The molecule has 23 heavy (non-hydrogen) atoms. The molecule has 0 spiro atoms. The molecule has 0 radical (unpaired) electrons. The van der Waals surface area contributed by atoms with Gasteiger partial charge < -0.3 is 4.74 Å². The first-order valence-electron chi connectivity index (χ1n) is 7.24. The lowest BCUT2D eigenvalue weighted by atomic mass is 9.95. The second-order valence-electron chi connectivity index (χ2n) is 5.01. The zero-order chi connectivity index (χ0) is 16.1. The summed E-state index contributed by atoms with van der Waals surface area (Å²) in [5.74, 6) is 0.783. The lowest BCUT2D eigenvalue weighted by Crippen LogP contribution is -1.89. The highest BCUT2D eigenvalue weighted by Gasteiger charge is 2.14. The maximum Gasteiger partial charge on any atom is 0.120 e. The molecule has 0 atom stereocenters. The Balaban J connectivity index is 2.33. The molecule has 0 bridgehead atoms. The Kier molecular flexibility index (Phi) is 4.62. The molecule has 0 saturated heterocycles. The summed E-state index contributed by atoms with van der Waals surface area (Å²) in [4.78, 5) is 4.34. The van der Waals surface area contributed by atoms with Gasteiger partial charge in [0.25, 0.3) is 0 Å². The van der Waals surface area contributed by atoms with E-state index in [9.17, 15) is 0 Å². The molecule has 0 aliphatic heterocycles. The molecule has 0 aliphatic carbocycles. The molecule has 112 valence electrons. The van der Waals surface area contributed by atoms with Crippen molar-refractivity contribution in [2.24, 2.45) is 4.99 Å². The van der Waals surface area contributed by atoms with E-state index in [4.69, 9.17) is 17.0 Å². The van der Waals surface area contributed by atoms with Crippen LogP contribution < -0.4 is 4.74 Å². The van der Waals surface area contributed by atoms with Crippen LogP contribution in [0.4, 0.5) is 5.69 Å². The van der Waals surface area contributed by atoms with E-state index in [1.54, 1.807) is 7.11 Å². The van der Waals surface area contributed by atoms with Gasteiger partial charge in [-0.05, 0) is 35.5 Å². The van der Waals surface area contributed by atoms with Crippen molar-refractivity contribution >= 4 is 23.1 Å². The molecule has 0 saturated carbocycles. The number of aliphatic imine (C=N–C) groups is 1. The van der Waals surface area contributed by atoms with Crippen molar-refractivity contribution in [2.45, 2.75) is 0 Å². The van der Waals surface area contributed by atoms with Gasteiger partial charge in [0.2, 0.25) is 0 Å². The van der Waals surface area contributed by atoms with Gasteiger partial charge in [-0.1, -0.05) is 60.7 Å². The molecule has 0 heterocycles. The lowest BCUT2D eigenvalue weighted by molar-refractivity contribution is 0.415. The van der Waals surface area contributed by atoms with Crippen LogP contribution in [-0.2, 0) is 0 Å². The number of hydrogen-bond donors (Lipinski definition) is 0. The van der Waals surface area contributed by atoms with Crippen LogP contribution in [0, 0.1) is 0 Å². The van der Waals surface area contributed by atoms with Crippen LogP contribution >= 0.6 is 12.2 Å². The average Bonchev–Trinajstić information content (AvgIpc) is 2.63. The second-order valence-corrected chi connectivity index (χ2v) is 5.19. The topological polar surface area (TPSA) is 21.6 Å². The van der Waals surface area contributed by atoms with E-state index in [1.807, 2.05) is 72.8 Å². The first-order valence-corrected chi connectivity index (χ1v) is 7.65. The van der Waals surface area contributed by atoms with Gasteiger partial charge in [0.1, 0.15) is 5.75 Å². The van der Waals surface area contributed by atoms with Gasteiger partial charge in [0.15, 0.2) is 0 Å². The van der Waals surface area contributed by atoms with Crippen LogP contribution in [0.25, 0.3) is 22.3 Å². The third-order valence-electron chi connectivity index (χ3n) is 3.65. The SMILES string of the molecule is COc1cc(-c2ccccc2)c(N=C=S)c(-c2ccccc2)c1. The Morgan fingerprint density at radius 3 is 1.70 bits per heavy atom. The van der Waals surface area contributed by atoms with Crippen LogP contribution in [0.5, 0.6) is 5.75 Å². The maximum absolute atomic E-state index is 5.48. The molecule has 3 heteroatoms. The van der Waals surface area contributed by atoms with Crippen molar-refractivity contribution in [3.05, 3.63) is 72.8 Å². The number of methoxy groups -OCH3 is 1.